The van der Waals surface area contributed by atoms with Gasteiger partial charge < -0.3 is 4.74 Å². The van der Waals surface area contributed by atoms with Gasteiger partial charge in [-0.2, -0.15) is 4.98 Å². The average molecular weight is 249 g/mol. The first-order valence-electron chi connectivity index (χ1n) is 4.91. The van der Waals surface area contributed by atoms with Crippen molar-refractivity contribution in [2.45, 2.75) is 6.92 Å². The van der Waals surface area contributed by atoms with Crippen LogP contribution in [0, 0.1) is 0 Å². The predicted molar refractivity (Wildman–Crippen MR) is 63.6 cm³/mol. The number of rotatable bonds is 3. The molecule has 0 amide bonds. The number of ether oxygens (including phenoxy) is 1. The van der Waals surface area contributed by atoms with E-state index in [-0.39, 0.29) is 10.9 Å². The molecule has 0 spiro atoms. The molecule has 0 bridgehead atoms. The summed E-state index contributed by atoms with van der Waals surface area (Å²) in [5, 5.41) is 0.267. The van der Waals surface area contributed by atoms with E-state index in [1.807, 2.05) is 0 Å². The first-order chi connectivity index (χ1) is 8.15. The minimum absolute atomic E-state index is 0.0131. The molecule has 2 aromatic rings. The summed E-state index contributed by atoms with van der Waals surface area (Å²) in [6.07, 6.45) is 2.89. The van der Waals surface area contributed by atoms with E-state index in [1.54, 1.807) is 24.3 Å². The van der Waals surface area contributed by atoms with Gasteiger partial charge in [0.15, 0.2) is 10.9 Å². The van der Waals surface area contributed by atoms with E-state index in [2.05, 4.69) is 9.97 Å². The number of Topliss-reactive ketones (excluding diaryl/α,β-unsaturated/α-hetero) is 1. The molecule has 86 valence electrons. The lowest BCUT2D eigenvalue weighted by Crippen LogP contribution is -1.92. The summed E-state index contributed by atoms with van der Waals surface area (Å²) in [5.41, 5.74) is 0.634. The molecule has 1 aromatic carbocycles. The van der Waals surface area contributed by atoms with Crippen LogP contribution in [0.25, 0.3) is 0 Å². The minimum Gasteiger partial charge on any atom is -0.437 e. The predicted octanol–water partition coefficient (Wildman–Crippen LogP) is 3.12. The number of hydrogen-bond acceptors (Lipinski definition) is 4. The van der Waals surface area contributed by atoms with E-state index in [9.17, 15) is 4.79 Å². The standard InChI is InChI=1S/C12H9ClN2O2/c1-8(16)9-2-4-10(5-3-9)17-12-7-14-6-11(13)15-12/h2-7H,1H3. The molecule has 1 heterocycles. The molecular formula is C12H9ClN2O2. The van der Waals surface area contributed by atoms with Crippen molar-refractivity contribution >= 4 is 17.4 Å². The maximum Gasteiger partial charge on any atom is 0.239 e. The van der Waals surface area contributed by atoms with E-state index in [0.717, 1.165) is 0 Å². The van der Waals surface area contributed by atoms with Crippen molar-refractivity contribution in [2.75, 3.05) is 0 Å². The van der Waals surface area contributed by atoms with Gasteiger partial charge >= 0.3 is 0 Å². The molecule has 0 N–H and O–H groups in total. The van der Waals surface area contributed by atoms with Crippen molar-refractivity contribution in [1.82, 2.24) is 9.97 Å². The molecule has 0 atom stereocenters. The summed E-state index contributed by atoms with van der Waals surface area (Å²) in [7, 11) is 0. The second-order valence-corrected chi connectivity index (χ2v) is 3.75. The molecule has 5 heteroatoms. The Hall–Kier alpha value is -1.94. The Morgan fingerprint density at radius 3 is 2.53 bits per heavy atom. The number of hydrogen-bond donors (Lipinski definition) is 0. The molecule has 0 radical (unpaired) electrons. The van der Waals surface area contributed by atoms with Crippen molar-refractivity contribution in [2.24, 2.45) is 0 Å². The van der Waals surface area contributed by atoms with Crippen LogP contribution < -0.4 is 4.74 Å². The summed E-state index contributed by atoms with van der Waals surface area (Å²) < 4.78 is 5.42. The van der Waals surface area contributed by atoms with E-state index in [0.29, 0.717) is 17.2 Å². The normalized spacial score (nSPS) is 10.0. The zero-order valence-electron chi connectivity index (χ0n) is 9.05. The first-order valence-corrected chi connectivity index (χ1v) is 5.29. The van der Waals surface area contributed by atoms with Crippen molar-refractivity contribution in [3.8, 4) is 11.6 Å². The van der Waals surface area contributed by atoms with Crippen LogP contribution >= 0.6 is 11.6 Å². The summed E-state index contributed by atoms with van der Waals surface area (Å²) in [6.45, 7) is 1.51. The highest BCUT2D eigenvalue weighted by Gasteiger charge is 2.02. The number of benzene rings is 1. The highest BCUT2D eigenvalue weighted by atomic mass is 35.5. The first kappa shape index (κ1) is 11.5. The lowest BCUT2D eigenvalue weighted by molar-refractivity contribution is 0.101. The van der Waals surface area contributed by atoms with Crippen LogP contribution in [0.2, 0.25) is 5.15 Å². The molecule has 1 aromatic heterocycles. The van der Waals surface area contributed by atoms with Gasteiger partial charge in [0.05, 0.1) is 12.4 Å². The third-order valence-electron chi connectivity index (χ3n) is 2.07. The second kappa shape index (κ2) is 4.93. The van der Waals surface area contributed by atoms with Gasteiger partial charge in [0.2, 0.25) is 5.88 Å². The van der Waals surface area contributed by atoms with Crippen molar-refractivity contribution < 1.29 is 9.53 Å². The van der Waals surface area contributed by atoms with Crippen LogP contribution in [-0.4, -0.2) is 15.8 Å². The van der Waals surface area contributed by atoms with Crippen LogP contribution in [0.15, 0.2) is 36.7 Å². The van der Waals surface area contributed by atoms with Crippen molar-refractivity contribution in [3.63, 3.8) is 0 Å². The summed E-state index contributed by atoms with van der Waals surface area (Å²) in [4.78, 5) is 18.9. The molecule has 0 unspecified atom stereocenters. The Morgan fingerprint density at radius 2 is 1.94 bits per heavy atom. The number of halogens is 1. The fraction of sp³-hybridized carbons (Fsp3) is 0.0833. The quantitative estimate of drug-likeness (QED) is 0.783. The molecule has 0 saturated heterocycles. The number of carbonyl (C=O) groups is 1. The smallest absolute Gasteiger partial charge is 0.239 e. The third-order valence-corrected chi connectivity index (χ3v) is 2.25. The van der Waals surface area contributed by atoms with Crippen molar-refractivity contribution in [1.29, 1.82) is 0 Å². The van der Waals surface area contributed by atoms with Crippen LogP contribution in [-0.2, 0) is 0 Å². The molecule has 0 fully saturated rings. The molecule has 4 nitrogen and oxygen atoms in total. The highest BCUT2D eigenvalue weighted by molar-refractivity contribution is 6.29. The van der Waals surface area contributed by atoms with Gasteiger partial charge in [0.25, 0.3) is 0 Å². The lowest BCUT2D eigenvalue weighted by Gasteiger charge is -2.04. The number of carbonyl (C=O) groups excluding carboxylic acids is 1. The fourth-order valence-electron chi connectivity index (χ4n) is 1.25. The average Bonchev–Trinajstić information content (AvgIpc) is 2.29. The Balaban J connectivity index is 2.16. The highest BCUT2D eigenvalue weighted by Crippen LogP contribution is 2.20. The van der Waals surface area contributed by atoms with E-state index in [4.69, 9.17) is 16.3 Å². The lowest BCUT2D eigenvalue weighted by atomic mass is 10.1. The van der Waals surface area contributed by atoms with Crippen LogP contribution in [0.4, 0.5) is 0 Å². The monoisotopic (exact) mass is 248 g/mol. The minimum atomic E-state index is 0.0131. The Morgan fingerprint density at radius 1 is 1.24 bits per heavy atom. The largest absolute Gasteiger partial charge is 0.437 e. The Labute approximate surface area is 103 Å². The Bertz CT molecular complexity index is 540. The van der Waals surface area contributed by atoms with Gasteiger partial charge in [0.1, 0.15) is 5.75 Å². The molecule has 0 aliphatic carbocycles. The van der Waals surface area contributed by atoms with E-state index >= 15 is 0 Å². The van der Waals surface area contributed by atoms with Gasteiger partial charge in [-0.15, -0.1) is 0 Å². The molecule has 0 saturated carbocycles. The van der Waals surface area contributed by atoms with Gasteiger partial charge in [-0.3, -0.25) is 9.78 Å². The molecule has 2 rings (SSSR count). The zero-order valence-corrected chi connectivity index (χ0v) is 9.81. The number of aromatic nitrogens is 2. The number of nitrogens with zero attached hydrogens (tertiary/aromatic N) is 2. The topological polar surface area (TPSA) is 52.1 Å². The number of ketones is 1. The zero-order chi connectivity index (χ0) is 12.3. The van der Waals surface area contributed by atoms with Crippen LogP contribution in [0.5, 0.6) is 11.6 Å². The van der Waals surface area contributed by atoms with Gasteiger partial charge in [0, 0.05) is 5.56 Å². The maximum absolute atomic E-state index is 11.1. The molecule has 0 aliphatic heterocycles. The summed E-state index contributed by atoms with van der Waals surface area (Å²) in [5.74, 6) is 0.902. The van der Waals surface area contributed by atoms with E-state index in [1.165, 1.54) is 19.3 Å². The van der Waals surface area contributed by atoms with Gasteiger partial charge in [-0.1, -0.05) is 11.6 Å². The summed E-state index contributed by atoms with van der Waals surface area (Å²) in [6, 6.07) is 6.77. The molecular weight excluding hydrogens is 240 g/mol. The molecule has 0 aliphatic rings. The Kier molecular flexibility index (Phi) is 3.35. The SMILES string of the molecule is CC(=O)c1ccc(Oc2cncc(Cl)n2)cc1. The van der Waals surface area contributed by atoms with Crippen LogP contribution in [0.1, 0.15) is 17.3 Å². The maximum atomic E-state index is 11.1. The van der Waals surface area contributed by atoms with Crippen molar-refractivity contribution in [3.05, 3.63) is 47.4 Å². The van der Waals surface area contributed by atoms with Crippen LogP contribution in [0.3, 0.4) is 0 Å². The van der Waals surface area contributed by atoms with E-state index < -0.39 is 0 Å². The van der Waals surface area contributed by atoms with Gasteiger partial charge in [-0.05, 0) is 31.2 Å². The van der Waals surface area contributed by atoms with Gasteiger partial charge in [-0.25, -0.2) is 0 Å². The fourth-order valence-corrected chi connectivity index (χ4v) is 1.39. The summed E-state index contributed by atoms with van der Waals surface area (Å²) >= 11 is 5.68. The second-order valence-electron chi connectivity index (χ2n) is 3.36. The molecule has 17 heavy (non-hydrogen) atoms. The third kappa shape index (κ3) is 3.01.